The number of nitrogens with one attached hydrogen (secondary N) is 1. The third kappa shape index (κ3) is 1.38. The van der Waals surface area contributed by atoms with Gasteiger partial charge in [-0.3, -0.25) is 4.98 Å². The summed E-state index contributed by atoms with van der Waals surface area (Å²) in [6.07, 6.45) is 4.60. The van der Waals surface area contributed by atoms with Gasteiger partial charge in [-0.15, -0.1) is 0 Å². The highest BCUT2D eigenvalue weighted by Gasteiger charge is 2.03. The van der Waals surface area contributed by atoms with Crippen LogP contribution in [0.4, 0.5) is 0 Å². The molecule has 0 amide bonds. The molecule has 3 nitrogen and oxygen atoms in total. The smallest absolute Gasteiger partial charge is 0.140 e. The number of para-hydroxylation sites is 2. The zero-order chi connectivity index (χ0) is 10.1. The first-order valence-corrected chi connectivity index (χ1v) is 4.71. The van der Waals surface area contributed by atoms with Gasteiger partial charge in [-0.25, -0.2) is 4.98 Å². The molecule has 0 spiro atoms. The predicted molar refractivity (Wildman–Crippen MR) is 58.2 cm³/mol. The van der Waals surface area contributed by atoms with Gasteiger partial charge in [-0.2, -0.15) is 0 Å². The van der Waals surface area contributed by atoms with Gasteiger partial charge < -0.3 is 4.98 Å². The van der Waals surface area contributed by atoms with Gasteiger partial charge in [-0.1, -0.05) is 12.1 Å². The third-order valence-electron chi connectivity index (χ3n) is 2.25. The molecule has 3 rings (SSSR count). The van der Waals surface area contributed by atoms with E-state index in [0.717, 1.165) is 22.4 Å². The molecule has 3 aromatic rings. The van der Waals surface area contributed by atoms with Crippen LogP contribution in [0.2, 0.25) is 0 Å². The Labute approximate surface area is 86.8 Å². The second-order valence-corrected chi connectivity index (χ2v) is 3.27. The van der Waals surface area contributed by atoms with E-state index in [4.69, 9.17) is 0 Å². The van der Waals surface area contributed by atoms with E-state index in [1.807, 2.05) is 36.4 Å². The van der Waals surface area contributed by atoms with Crippen LogP contribution in [0.3, 0.4) is 0 Å². The Hall–Kier alpha value is -2.16. The average molecular weight is 194 g/mol. The largest absolute Gasteiger partial charge is 0.338 e. The van der Waals surface area contributed by atoms with E-state index in [9.17, 15) is 0 Å². The first-order valence-electron chi connectivity index (χ1n) is 4.71. The number of fused-ring (bicyclic) bond motifs is 1. The Morgan fingerprint density at radius 3 is 2.80 bits per heavy atom. The molecule has 0 bridgehead atoms. The summed E-state index contributed by atoms with van der Waals surface area (Å²) in [5.74, 6) is 0.810. The molecule has 2 heterocycles. The van der Waals surface area contributed by atoms with Crippen molar-refractivity contribution in [1.82, 2.24) is 15.0 Å². The maximum atomic E-state index is 4.46. The van der Waals surface area contributed by atoms with Gasteiger partial charge in [-0.05, 0) is 24.3 Å². The van der Waals surface area contributed by atoms with Crippen LogP contribution in [-0.4, -0.2) is 15.0 Å². The van der Waals surface area contributed by atoms with E-state index >= 15 is 0 Å². The summed E-state index contributed by atoms with van der Waals surface area (Å²) in [5.41, 5.74) is 2.88. The number of imidazole rings is 1. The normalized spacial score (nSPS) is 10.7. The Balaban J connectivity index is 2.21. The highest BCUT2D eigenvalue weighted by atomic mass is 14.9. The van der Waals surface area contributed by atoms with Gasteiger partial charge in [0.1, 0.15) is 12.0 Å². The molecule has 0 saturated heterocycles. The quantitative estimate of drug-likeness (QED) is 0.646. The lowest BCUT2D eigenvalue weighted by molar-refractivity contribution is 1.26. The number of hydrogen-bond donors (Lipinski definition) is 1. The van der Waals surface area contributed by atoms with Gasteiger partial charge in [0, 0.05) is 11.8 Å². The fraction of sp³-hybridized carbons (Fsp3) is 0. The van der Waals surface area contributed by atoms with Crippen LogP contribution in [0.25, 0.3) is 22.4 Å². The molecule has 0 aliphatic heterocycles. The van der Waals surface area contributed by atoms with Crippen molar-refractivity contribution in [3.05, 3.63) is 48.8 Å². The van der Waals surface area contributed by atoms with E-state index in [2.05, 4.69) is 21.1 Å². The lowest BCUT2D eigenvalue weighted by Crippen LogP contribution is -1.81. The van der Waals surface area contributed by atoms with Gasteiger partial charge in [0.2, 0.25) is 0 Å². The molecular weight excluding hydrogens is 186 g/mol. The SMILES string of the molecule is [c]1ncccc1-c1nc2ccccc2[nH]1. The van der Waals surface area contributed by atoms with Crippen molar-refractivity contribution in [1.29, 1.82) is 0 Å². The standard InChI is InChI=1S/C12H8N3/c1-2-6-11-10(5-1)14-12(15-11)9-4-3-7-13-8-9/h1-7H,(H,14,15). The molecule has 0 unspecified atom stereocenters. The Morgan fingerprint density at radius 2 is 2.00 bits per heavy atom. The molecule has 1 radical (unpaired) electrons. The zero-order valence-corrected chi connectivity index (χ0v) is 7.94. The van der Waals surface area contributed by atoms with Crippen LogP contribution in [-0.2, 0) is 0 Å². The molecule has 3 heteroatoms. The highest BCUT2D eigenvalue weighted by molar-refractivity contribution is 5.78. The van der Waals surface area contributed by atoms with E-state index in [-0.39, 0.29) is 0 Å². The number of hydrogen-bond acceptors (Lipinski definition) is 2. The second kappa shape index (κ2) is 3.20. The number of rotatable bonds is 1. The van der Waals surface area contributed by atoms with Crippen molar-refractivity contribution in [3.63, 3.8) is 0 Å². The fourth-order valence-electron chi connectivity index (χ4n) is 1.54. The molecule has 1 N–H and O–H groups in total. The third-order valence-corrected chi connectivity index (χ3v) is 2.25. The number of nitrogens with zero attached hydrogens (tertiary/aromatic N) is 2. The minimum Gasteiger partial charge on any atom is -0.338 e. The topological polar surface area (TPSA) is 41.6 Å². The summed E-state index contributed by atoms with van der Waals surface area (Å²) >= 11 is 0. The van der Waals surface area contributed by atoms with Crippen molar-refractivity contribution >= 4 is 11.0 Å². The number of aromatic nitrogens is 3. The zero-order valence-electron chi connectivity index (χ0n) is 7.94. The lowest BCUT2D eigenvalue weighted by atomic mass is 10.3. The van der Waals surface area contributed by atoms with Crippen molar-refractivity contribution < 1.29 is 0 Å². The molecule has 0 saturated carbocycles. The molecule has 0 aliphatic carbocycles. The van der Waals surface area contributed by atoms with Crippen LogP contribution in [0.5, 0.6) is 0 Å². The molecular formula is C12H8N3. The summed E-state index contributed by atoms with van der Waals surface area (Å²) in [5, 5.41) is 0. The molecule has 0 atom stereocenters. The maximum absolute atomic E-state index is 4.46. The minimum absolute atomic E-state index is 0.810. The summed E-state index contributed by atoms with van der Waals surface area (Å²) < 4.78 is 0. The first kappa shape index (κ1) is 8.17. The van der Waals surface area contributed by atoms with E-state index in [1.54, 1.807) is 6.20 Å². The van der Waals surface area contributed by atoms with Crippen LogP contribution >= 0.6 is 0 Å². The Bertz CT molecular complexity index is 551. The molecule has 2 aromatic heterocycles. The van der Waals surface area contributed by atoms with Gasteiger partial charge in [0.05, 0.1) is 11.0 Å². The summed E-state index contributed by atoms with van der Waals surface area (Å²) in [6, 6.07) is 11.7. The predicted octanol–water partition coefficient (Wildman–Crippen LogP) is 2.43. The molecule has 71 valence electrons. The Morgan fingerprint density at radius 1 is 1.07 bits per heavy atom. The van der Waals surface area contributed by atoms with E-state index in [0.29, 0.717) is 0 Å². The Kier molecular flexibility index (Phi) is 1.75. The van der Waals surface area contributed by atoms with Gasteiger partial charge >= 0.3 is 0 Å². The number of pyridine rings is 1. The molecule has 0 aliphatic rings. The van der Waals surface area contributed by atoms with Gasteiger partial charge in [0.25, 0.3) is 0 Å². The monoisotopic (exact) mass is 194 g/mol. The van der Waals surface area contributed by atoms with Gasteiger partial charge in [0.15, 0.2) is 0 Å². The summed E-state index contributed by atoms with van der Waals surface area (Å²) in [7, 11) is 0. The number of H-pyrrole nitrogens is 1. The molecule has 15 heavy (non-hydrogen) atoms. The van der Waals surface area contributed by atoms with Crippen LogP contribution < -0.4 is 0 Å². The molecule has 0 fully saturated rings. The molecule has 1 aromatic carbocycles. The van der Waals surface area contributed by atoms with Crippen molar-refractivity contribution in [2.24, 2.45) is 0 Å². The van der Waals surface area contributed by atoms with E-state index < -0.39 is 0 Å². The second-order valence-electron chi connectivity index (χ2n) is 3.27. The van der Waals surface area contributed by atoms with Crippen molar-refractivity contribution in [3.8, 4) is 11.4 Å². The summed E-state index contributed by atoms with van der Waals surface area (Å²) in [6.45, 7) is 0. The fourth-order valence-corrected chi connectivity index (χ4v) is 1.54. The number of aromatic amines is 1. The summed E-state index contributed by atoms with van der Waals surface area (Å²) in [4.78, 5) is 11.6. The van der Waals surface area contributed by atoms with Crippen LogP contribution in [0.15, 0.2) is 42.6 Å². The van der Waals surface area contributed by atoms with Crippen molar-refractivity contribution in [2.75, 3.05) is 0 Å². The lowest BCUT2D eigenvalue weighted by Gasteiger charge is -1.91. The van der Waals surface area contributed by atoms with Crippen LogP contribution in [0, 0.1) is 6.20 Å². The van der Waals surface area contributed by atoms with Crippen molar-refractivity contribution in [2.45, 2.75) is 0 Å². The number of benzene rings is 1. The average Bonchev–Trinajstić information content (AvgIpc) is 2.74. The van der Waals surface area contributed by atoms with E-state index in [1.165, 1.54) is 0 Å². The minimum atomic E-state index is 0.810. The maximum Gasteiger partial charge on any atom is 0.140 e. The highest BCUT2D eigenvalue weighted by Crippen LogP contribution is 2.18. The first-order chi connectivity index (χ1) is 7.43. The van der Waals surface area contributed by atoms with Crippen LogP contribution in [0.1, 0.15) is 0 Å².